The van der Waals surface area contributed by atoms with Crippen LogP contribution in [0.15, 0.2) is 34.9 Å². The predicted octanol–water partition coefficient (Wildman–Crippen LogP) is 3.61. The Balaban J connectivity index is 1.94. The van der Waals surface area contributed by atoms with Crippen LogP contribution in [0.1, 0.15) is 42.9 Å². The van der Waals surface area contributed by atoms with Gasteiger partial charge in [0.1, 0.15) is 0 Å². The van der Waals surface area contributed by atoms with Crippen molar-refractivity contribution in [2.24, 2.45) is 0 Å². The Kier molecular flexibility index (Phi) is 3.46. The first-order chi connectivity index (χ1) is 9.20. The molecule has 100 valence electrons. The van der Waals surface area contributed by atoms with Crippen LogP contribution in [0, 0.1) is 0 Å². The van der Waals surface area contributed by atoms with Crippen LogP contribution in [-0.4, -0.2) is 21.5 Å². The Morgan fingerprint density at radius 1 is 1.37 bits per heavy atom. The molecule has 3 rings (SSSR count). The fraction of sp³-hybridized carbons (Fsp3) is 0.400. The van der Waals surface area contributed by atoms with Crippen LogP contribution in [0.5, 0.6) is 0 Å². The Hall–Kier alpha value is -1.13. The molecule has 0 aliphatic heterocycles. The molecule has 19 heavy (non-hydrogen) atoms. The van der Waals surface area contributed by atoms with Gasteiger partial charge in [0.25, 0.3) is 0 Å². The Morgan fingerprint density at radius 2 is 2.05 bits per heavy atom. The van der Waals surface area contributed by atoms with Gasteiger partial charge < -0.3 is 5.11 Å². The molecule has 2 aromatic rings. The number of aliphatic hydroxyl groups is 1. The molecule has 1 atom stereocenters. The van der Waals surface area contributed by atoms with Crippen molar-refractivity contribution >= 4 is 15.9 Å². The van der Waals surface area contributed by atoms with E-state index in [1.165, 1.54) is 18.5 Å². The Labute approximate surface area is 121 Å². The topological polar surface area (TPSA) is 38.0 Å². The Bertz CT molecular complexity index is 572. The molecule has 0 saturated heterocycles. The van der Waals surface area contributed by atoms with Crippen molar-refractivity contribution < 1.29 is 5.11 Å². The summed E-state index contributed by atoms with van der Waals surface area (Å²) in [5.74, 6) is 0.828. The molecule has 1 aromatic heterocycles. The first-order valence-corrected chi connectivity index (χ1v) is 7.44. The highest BCUT2D eigenvalue weighted by atomic mass is 79.9. The lowest BCUT2D eigenvalue weighted by atomic mass is 10.0. The van der Waals surface area contributed by atoms with Crippen LogP contribution >= 0.6 is 15.9 Å². The van der Waals surface area contributed by atoms with Gasteiger partial charge in [-0.05, 0) is 46.5 Å². The number of aromatic nitrogens is 2. The van der Waals surface area contributed by atoms with Gasteiger partial charge in [0.05, 0.1) is 22.1 Å². The van der Waals surface area contributed by atoms with Gasteiger partial charge in [-0.15, -0.1) is 0 Å². The molecule has 0 spiro atoms. The molecule has 4 heteroatoms. The molecule has 1 saturated carbocycles. The second-order valence-corrected chi connectivity index (χ2v) is 6.09. The predicted molar refractivity (Wildman–Crippen MR) is 78.7 cm³/mol. The van der Waals surface area contributed by atoms with E-state index in [9.17, 15) is 5.11 Å². The summed E-state index contributed by atoms with van der Waals surface area (Å²) in [6.45, 7) is 2.20. The molecule has 1 aromatic carbocycles. The minimum Gasteiger partial charge on any atom is -0.396 e. The monoisotopic (exact) mass is 320 g/mol. The summed E-state index contributed by atoms with van der Waals surface area (Å²) in [5, 5.41) is 13.6. The van der Waals surface area contributed by atoms with Gasteiger partial charge in [-0.3, -0.25) is 0 Å². The molecule has 1 N–H and O–H groups in total. The number of halogens is 1. The van der Waals surface area contributed by atoms with Crippen LogP contribution in [0.4, 0.5) is 0 Å². The number of hydrogen-bond acceptors (Lipinski definition) is 2. The fourth-order valence-electron chi connectivity index (χ4n) is 2.32. The number of aliphatic hydroxyl groups excluding tert-OH is 1. The van der Waals surface area contributed by atoms with Crippen LogP contribution in [0.3, 0.4) is 0 Å². The third-order valence-corrected chi connectivity index (χ3v) is 4.32. The van der Waals surface area contributed by atoms with Crippen molar-refractivity contribution in [3.8, 4) is 5.69 Å². The first-order valence-electron chi connectivity index (χ1n) is 6.65. The average molecular weight is 321 g/mol. The summed E-state index contributed by atoms with van der Waals surface area (Å²) in [6.07, 6.45) is 4.38. The molecular weight excluding hydrogens is 304 g/mol. The van der Waals surface area contributed by atoms with Crippen molar-refractivity contribution in [3.05, 3.63) is 46.2 Å². The van der Waals surface area contributed by atoms with E-state index in [2.05, 4.69) is 45.3 Å². The van der Waals surface area contributed by atoms with Crippen LogP contribution in [0.2, 0.25) is 0 Å². The number of hydrogen-bond donors (Lipinski definition) is 1. The fourth-order valence-corrected chi connectivity index (χ4v) is 2.90. The highest BCUT2D eigenvalue weighted by Gasteiger charge is 2.30. The minimum atomic E-state index is 0.181. The van der Waals surface area contributed by atoms with Crippen LogP contribution < -0.4 is 0 Å². The van der Waals surface area contributed by atoms with Crippen molar-refractivity contribution in [1.82, 2.24) is 9.78 Å². The third kappa shape index (κ3) is 2.47. The molecule has 3 nitrogen and oxygen atoms in total. The maximum absolute atomic E-state index is 9.18. The molecule has 1 unspecified atom stereocenters. The highest BCUT2D eigenvalue weighted by Crippen LogP contribution is 2.43. The quantitative estimate of drug-likeness (QED) is 0.934. The van der Waals surface area contributed by atoms with Crippen LogP contribution in [0.25, 0.3) is 5.69 Å². The molecule has 1 aliphatic carbocycles. The molecule has 1 heterocycles. The largest absolute Gasteiger partial charge is 0.396 e. The average Bonchev–Trinajstić information content (AvgIpc) is 3.21. The molecule has 0 amide bonds. The lowest BCUT2D eigenvalue weighted by molar-refractivity contribution is 0.273. The van der Waals surface area contributed by atoms with Crippen molar-refractivity contribution in [2.75, 3.05) is 6.61 Å². The zero-order valence-corrected chi connectivity index (χ0v) is 12.5. The van der Waals surface area contributed by atoms with E-state index in [1.807, 2.05) is 17.8 Å². The maximum atomic E-state index is 9.18. The Morgan fingerprint density at radius 3 is 2.63 bits per heavy atom. The van der Waals surface area contributed by atoms with E-state index in [-0.39, 0.29) is 12.5 Å². The number of rotatable bonds is 4. The van der Waals surface area contributed by atoms with Gasteiger partial charge in [0, 0.05) is 18.4 Å². The van der Waals surface area contributed by atoms with Gasteiger partial charge in [-0.2, -0.15) is 5.10 Å². The van der Waals surface area contributed by atoms with Gasteiger partial charge in [0.15, 0.2) is 0 Å². The zero-order valence-electron chi connectivity index (χ0n) is 10.9. The van der Waals surface area contributed by atoms with E-state index in [1.54, 1.807) is 0 Å². The van der Waals surface area contributed by atoms with E-state index < -0.39 is 0 Å². The summed E-state index contributed by atoms with van der Waals surface area (Å²) >= 11 is 3.59. The van der Waals surface area contributed by atoms with Crippen molar-refractivity contribution in [3.63, 3.8) is 0 Å². The third-order valence-electron chi connectivity index (χ3n) is 3.70. The number of nitrogens with zero attached hydrogens (tertiary/aromatic N) is 2. The summed E-state index contributed by atoms with van der Waals surface area (Å²) in [7, 11) is 0. The second-order valence-electron chi connectivity index (χ2n) is 5.24. The second kappa shape index (κ2) is 5.10. The number of benzene rings is 1. The standard InChI is InChI=1S/C15H17BrN2O/c1-10(9-19)11-4-6-13(7-5-11)18-15(12-2-3-12)14(16)8-17-18/h4-8,10,12,19H,2-3,9H2,1H3. The summed E-state index contributed by atoms with van der Waals surface area (Å²) in [4.78, 5) is 0. The minimum absolute atomic E-state index is 0.181. The normalized spacial score (nSPS) is 16.6. The van der Waals surface area contributed by atoms with Gasteiger partial charge >= 0.3 is 0 Å². The van der Waals surface area contributed by atoms with E-state index in [0.29, 0.717) is 5.92 Å². The highest BCUT2D eigenvalue weighted by molar-refractivity contribution is 9.10. The van der Waals surface area contributed by atoms with E-state index in [4.69, 9.17) is 0 Å². The molecule has 1 fully saturated rings. The molecule has 0 radical (unpaired) electrons. The first kappa shape index (κ1) is 12.9. The van der Waals surface area contributed by atoms with E-state index in [0.717, 1.165) is 15.7 Å². The summed E-state index contributed by atoms with van der Waals surface area (Å²) < 4.78 is 3.12. The van der Waals surface area contributed by atoms with Gasteiger partial charge in [-0.25, -0.2) is 4.68 Å². The van der Waals surface area contributed by atoms with Gasteiger partial charge in [0.2, 0.25) is 0 Å². The molecular formula is C15H17BrN2O. The molecule has 0 bridgehead atoms. The van der Waals surface area contributed by atoms with Crippen molar-refractivity contribution in [2.45, 2.75) is 31.6 Å². The van der Waals surface area contributed by atoms with Crippen molar-refractivity contribution in [1.29, 1.82) is 0 Å². The SMILES string of the molecule is CC(CO)c1ccc(-n2ncc(Br)c2C2CC2)cc1. The lowest BCUT2D eigenvalue weighted by Crippen LogP contribution is -2.03. The zero-order chi connectivity index (χ0) is 13.4. The summed E-state index contributed by atoms with van der Waals surface area (Å²) in [6, 6.07) is 8.30. The molecule has 1 aliphatic rings. The van der Waals surface area contributed by atoms with Gasteiger partial charge in [-0.1, -0.05) is 19.1 Å². The summed E-state index contributed by atoms with van der Waals surface area (Å²) in [5.41, 5.74) is 3.52. The smallest absolute Gasteiger partial charge is 0.0649 e. The van der Waals surface area contributed by atoms with E-state index >= 15 is 0 Å². The lowest BCUT2D eigenvalue weighted by Gasteiger charge is -2.11. The van der Waals surface area contributed by atoms with Crippen LogP contribution in [-0.2, 0) is 0 Å². The maximum Gasteiger partial charge on any atom is 0.0649 e.